The lowest BCUT2D eigenvalue weighted by molar-refractivity contribution is 0.450. The third kappa shape index (κ3) is 3.18. The number of hydrogen-bond acceptors (Lipinski definition) is 3. The Morgan fingerprint density at radius 3 is 2.61 bits per heavy atom. The largest absolute Gasteiger partial charge is 0.369 e. The summed E-state index contributed by atoms with van der Waals surface area (Å²) in [6.45, 7) is 7.62. The van der Waals surface area contributed by atoms with Gasteiger partial charge >= 0.3 is 0 Å². The molecule has 1 unspecified atom stereocenters. The van der Waals surface area contributed by atoms with Crippen LogP contribution in [0.3, 0.4) is 0 Å². The average Bonchev–Trinajstić information content (AvgIpc) is 2.23. The molecule has 4 nitrogen and oxygen atoms in total. The Bertz CT molecular complexity index is 505. The van der Waals surface area contributed by atoms with E-state index in [9.17, 15) is 9.18 Å². The summed E-state index contributed by atoms with van der Waals surface area (Å²) in [5.74, 6) is -0.102. The van der Waals surface area contributed by atoms with Crippen LogP contribution < -0.4 is 11.3 Å². The number of hydrogen-bond donors (Lipinski definition) is 2. The number of nitrogens with two attached hydrogens (primary N) is 1. The van der Waals surface area contributed by atoms with E-state index >= 15 is 0 Å². The molecule has 0 aromatic carbocycles. The molecule has 0 saturated carbocycles. The SMILES string of the molecule is CCC(/C=C(/F)c1c(C)nc(N)[nH]c1=O)C(C)C. The molecule has 1 aromatic heterocycles. The third-order valence-corrected chi connectivity index (χ3v) is 3.05. The smallest absolute Gasteiger partial charge is 0.262 e. The summed E-state index contributed by atoms with van der Waals surface area (Å²) in [6.07, 6.45) is 2.32. The van der Waals surface area contributed by atoms with Crippen molar-refractivity contribution in [1.29, 1.82) is 0 Å². The molecular weight excluding hydrogens is 233 g/mol. The second-order valence-electron chi connectivity index (χ2n) is 4.74. The fraction of sp³-hybridized carbons (Fsp3) is 0.538. The van der Waals surface area contributed by atoms with Crippen LogP contribution in [0.5, 0.6) is 0 Å². The first-order valence-electron chi connectivity index (χ1n) is 6.10. The van der Waals surface area contributed by atoms with Gasteiger partial charge in [0.25, 0.3) is 5.56 Å². The fourth-order valence-electron chi connectivity index (χ4n) is 1.94. The van der Waals surface area contributed by atoms with E-state index in [0.29, 0.717) is 11.6 Å². The molecule has 1 rings (SSSR count). The summed E-state index contributed by atoms with van der Waals surface area (Å²) in [7, 11) is 0. The van der Waals surface area contributed by atoms with Gasteiger partial charge in [-0.2, -0.15) is 0 Å². The molecule has 0 aliphatic heterocycles. The molecule has 0 spiro atoms. The number of nitrogens with one attached hydrogen (secondary N) is 1. The van der Waals surface area contributed by atoms with E-state index in [4.69, 9.17) is 5.73 Å². The first kappa shape index (κ1) is 14.4. The quantitative estimate of drug-likeness (QED) is 0.866. The zero-order valence-corrected chi connectivity index (χ0v) is 11.2. The molecule has 0 bridgehead atoms. The summed E-state index contributed by atoms with van der Waals surface area (Å²) < 4.78 is 14.1. The lowest BCUT2D eigenvalue weighted by Gasteiger charge is -2.14. The number of nitrogen functional groups attached to an aromatic ring is 1. The van der Waals surface area contributed by atoms with Gasteiger partial charge in [0, 0.05) is 0 Å². The van der Waals surface area contributed by atoms with Crippen molar-refractivity contribution in [2.75, 3.05) is 5.73 Å². The standard InChI is InChI=1S/C13H20FN3O/c1-5-9(7(2)3)6-10(14)11-8(4)16-13(15)17-12(11)18/h6-7,9H,5H2,1-4H3,(H3,15,16,17,18)/b10-6+. The van der Waals surface area contributed by atoms with Crippen molar-refractivity contribution in [3.8, 4) is 0 Å². The van der Waals surface area contributed by atoms with Gasteiger partial charge in [-0.1, -0.05) is 20.8 Å². The minimum Gasteiger partial charge on any atom is -0.369 e. The molecule has 1 heterocycles. The fourth-order valence-corrected chi connectivity index (χ4v) is 1.94. The maximum Gasteiger partial charge on any atom is 0.262 e. The second-order valence-corrected chi connectivity index (χ2v) is 4.74. The van der Waals surface area contributed by atoms with Crippen molar-refractivity contribution < 1.29 is 4.39 Å². The van der Waals surface area contributed by atoms with Crippen molar-refractivity contribution in [3.63, 3.8) is 0 Å². The van der Waals surface area contributed by atoms with E-state index in [2.05, 4.69) is 9.97 Å². The monoisotopic (exact) mass is 253 g/mol. The zero-order valence-electron chi connectivity index (χ0n) is 11.2. The minimum atomic E-state index is -0.535. The van der Waals surface area contributed by atoms with Crippen LogP contribution in [0, 0.1) is 18.8 Å². The molecular formula is C13H20FN3O. The number of nitrogens with zero attached hydrogens (tertiary/aromatic N) is 1. The molecule has 1 aromatic rings. The molecule has 100 valence electrons. The van der Waals surface area contributed by atoms with Gasteiger partial charge in [-0.3, -0.25) is 9.78 Å². The number of anilines is 1. The lowest BCUT2D eigenvalue weighted by atomic mass is 9.92. The highest BCUT2D eigenvalue weighted by Crippen LogP contribution is 2.23. The van der Waals surface area contributed by atoms with Crippen molar-refractivity contribution in [2.24, 2.45) is 11.8 Å². The molecule has 0 radical (unpaired) electrons. The second kappa shape index (κ2) is 5.80. The maximum atomic E-state index is 14.1. The van der Waals surface area contributed by atoms with Gasteiger partial charge in [0.1, 0.15) is 5.83 Å². The maximum absolute atomic E-state index is 14.1. The topological polar surface area (TPSA) is 71.8 Å². The predicted octanol–water partition coefficient (Wildman–Crippen LogP) is 2.65. The number of aromatic amines is 1. The summed E-state index contributed by atoms with van der Waals surface area (Å²) >= 11 is 0. The van der Waals surface area contributed by atoms with Crippen LogP contribution in [0.2, 0.25) is 0 Å². The van der Waals surface area contributed by atoms with Crippen LogP contribution in [0.4, 0.5) is 10.3 Å². The minimum absolute atomic E-state index is 0.00458. The Labute approximate surface area is 106 Å². The zero-order chi connectivity index (χ0) is 13.9. The van der Waals surface area contributed by atoms with Gasteiger partial charge in [0.2, 0.25) is 5.95 Å². The van der Waals surface area contributed by atoms with E-state index in [1.54, 1.807) is 6.92 Å². The van der Waals surface area contributed by atoms with Gasteiger partial charge in [-0.15, -0.1) is 0 Å². The number of aromatic nitrogens is 2. The highest BCUT2D eigenvalue weighted by Gasteiger charge is 2.15. The Morgan fingerprint density at radius 1 is 1.56 bits per heavy atom. The molecule has 5 heteroatoms. The van der Waals surface area contributed by atoms with Gasteiger partial charge < -0.3 is 5.73 Å². The summed E-state index contributed by atoms with van der Waals surface area (Å²) in [5.41, 5.74) is 5.14. The van der Waals surface area contributed by atoms with Crippen molar-refractivity contribution in [1.82, 2.24) is 9.97 Å². The highest BCUT2D eigenvalue weighted by molar-refractivity contribution is 5.60. The van der Waals surface area contributed by atoms with Gasteiger partial charge in [-0.05, 0) is 31.3 Å². The van der Waals surface area contributed by atoms with Crippen LogP contribution in [0.15, 0.2) is 10.9 Å². The van der Waals surface area contributed by atoms with Gasteiger partial charge in [0.05, 0.1) is 11.3 Å². The van der Waals surface area contributed by atoms with Crippen molar-refractivity contribution in [3.05, 3.63) is 27.7 Å². The predicted molar refractivity (Wildman–Crippen MR) is 71.7 cm³/mol. The molecule has 1 atom stereocenters. The van der Waals surface area contributed by atoms with Crippen molar-refractivity contribution in [2.45, 2.75) is 34.1 Å². The molecule has 0 amide bonds. The molecule has 0 saturated heterocycles. The first-order valence-corrected chi connectivity index (χ1v) is 6.10. The normalized spacial score (nSPS) is 14.0. The Hall–Kier alpha value is -1.65. The Morgan fingerprint density at radius 2 is 2.17 bits per heavy atom. The first-order chi connectivity index (χ1) is 8.36. The number of H-pyrrole nitrogens is 1. The van der Waals surface area contributed by atoms with Gasteiger partial charge in [0.15, 0.2) is 0 Å². The summed E-state index contributed by atoms with van der Waals surface area (Å²) in [6, 6.07) is 0. The van der Waals surface area contributed by atoms with E-state index in [1.165, 1.54) is 6.08 Å². The average molecular weight is 253 g/mol. The van der Waals surface area contributed by atoms with Crippen LogP contribution in [0.25, 0.3) is 5.83 Å². The molecule has 18 heavy (non-hydrogen) atoms. The van der Waals surface area contributed by atoms with E-state index in [-0.39, 0.29) is 17.4 Å². The molecule has 0 fully saturated rings. The Balaban J connectivity index is 3.22. The highest BCUT2D eigenvalue weighted by atomic mass is 19.1. The van der Waals surface area contributed by atoms with E-state index in [1.807, 2.05) is 20.8 Å². The molecule has 3 N–H and O–H groups in total. The molecule has 0 aliphatic carbocycles. The van der Waals surface area contributed by atoms with E-state index in [0.717, 1.165) is 6.42 Å². The number of halogens is 1. The number of rotatable bonds is 4. The Kier molecular flexibility index (Phi) is 4.64. The summed E-state index contributed by atoms with van der Waals surface area (Å²) in [5, 5.41) is 0. The van der Waals surface area contributed by atoms with Crippen LogP contribution in [-0.2, 0) is 0 Å². The van der Waals surface area contributed by atoms with E-state index < -0.39 is 11.4 Å². The number of allylic oxidation sites excluding steroid dienone is 1. The van der Waals surface area contributed by atoms with Crippen LogP contribution in [-0.4, -0.2) is 9.97 Å². The third-order valence-electron chi connectivity index (χ3n) is 3.05. The number of aryl methyl sites for hydroxylation is 1. The van der Waals surface area contributed by atoms with Crippen LogP contribution >= 0.6 is 0 Å². The summed E-state index contributed by atoms with van der Waals surface area (Å²) in [4.78, 5) is 17.9. The van der Waals surface area contributed by atoms with Crippen molar-refractivity contribution >= 4 is 11.8 Å². The lowest BCUT2D eigenvalue weighted by Crippen LogP contribution is -2.17. The molecule has 0 aliphatic rings. The van der Waals surface area contributed by atoms with Gasteiger partial charge in [-0.25, -0.2) is 9.37 Å². The van der Waals surface area contributed by atoms with Crippen LogP contribution in [0.1, 0.15) is 38.4 Å².